The van der Waals surface area contributed by atoms with Gasteiger partial charge in [-0.05, 0) is 19.1 Å². The first-order valence-corrected chi connectivity index (χ1v) is 16.0. The summed E-state index contributed by atoms with van der Waals surface area (Å²) in [6.07, 6.45) is 0. The molecule has 3 nitrogen and oxygen atoms in total. The van der Waals surface area contributed by atoms with Crippen LogP contribution in [0.25, 0.3) is 0 Å². The van der Waals surface area contributed by atoms with Crippen LogP contribution in [-0.2, 0) is 10.1 Å². The Labute approximate surface area is 187 Å². The summed E-state index contributed by atoms with van der Waals surface area (Å²) in [6, 6.07) is 38.7. The Morgan fingerprint density at radius 1 is 0.581 bits per heavy atom. The van der Waals surface area contributed by atoms with Gasteiger partial charge < -0.3 is 4.55 Å². The van der Waals surface area contributed by atoms with Crippen molar-refractivity contribution in [2.45, 2.75) is 17.5 Å². The van der Waals surface area contributed by atoms with Gasteiger partial charge in [-0.1, -0.05) is 17.7 Å². The third-order valence-corrected chi connectivity index (χ3v) is 14.4. The maximum atomic E-state index is 10.4. The third-order valence-electron chi connectivity index (χ3n) is 5.13. The van der Waals surface area contributed by atoms with Crippen LogP contribution in [-0.4, -0.2) is 26.5 Å². The number of hydrogen-bond donors (Lipinski definition) is 0. The van der Waals surface area contributed by atoms with Crippen LogP contribution in [0.15, 0.2) is 120 Å². The van der Waals surface area contributed by atoms with Crippen molar-refractivity contribution in [3.63, 3.8) is 0 Å². The van der Waals surface area contributed by atoms with E-state index in [-0.39, 0.29) is 4.90 Å². The number of aryl methyl sites for hydroxylation is 1. The Morgan fingerprint density at radius 3 is 1.19 bits per heavy atom. The van der Waals surface area contributed by atoms with E-state index in [1.807, 2.05) is 6.92 Å². The van der Waals surface area contributed by atoms with Crippen LogP contribution in [0.2, 0.25) is 5.71 Å². The van der Waals surface area contributed by atoms with Crippen molar-refractivity contribution < 1.29 is 13.0 Å². The Morgan fingerprint density at radius 2 is 0.903 bits per heavy atom. The zero-order valence-electron chi connectivity index (χ0n) is 17.5. The summed E-state index contributed by atoms with van der Waals surface area (Å²) < 4.78 is 35.6. The van der Waals surface area contributed by atoms with Crippen molar-refractivity contribution in [1.82, 2.24) is 0 Å². The fourth-order valence-corrected chi connectivity index (χ4v) is 10.5. The van der Waals surface area contributed by atoms with Gasteiger partial charge in [0, 0.05) is 0 Å². The summed E-state index contributed by atoms with van der Waals surface area (Å²) in [5, 5.41) is 0. The van der Waals surface area contributed by atoms with Crippen molar-refractivity contribution in [3.8, 4) is 0 Å². The van der Waals surface area contributed by atoms with Gasteiger partial charge in [-0.25, -0.2) is 8.42 Å². The van der Waals surface area contributed by atoms with Crippen molar-refractivity contribution >= 4 is 36.7 Å². The fourth-order valence-electron chi connectivity index (χ4n) is 3.33. The van der Waals surface area contributed by atoms with E-state index in [9.17, 15) is 13.0 Å². The van der Waals surface area contributed by atoms with Gasteiger partial charge in [-0.15, -0.1) is 0 Å². The van der Waals surface area contributed by atoms with E-state index in [0.717, 1.165) is 5.56 Å². The third kappa shape index (κ3) is 5.74. The molecule has 4 aromatic rings. The van der Waals surface area contributed by atoms with Crippen LogP contribution in [0.5, 0.6) is 0 Å². The van der Waals surface area contributed by atoms with E-state index < -0.39 is 23.7 Å². The minimum atomic E-state index is -4.27. The summed E-state index contributed by atoms with van der Waals surface area (Å²) >= 11 is -2.29. The Hall–Kier alpha value is -2.65. The molecule has 0 fully saturated rings. The summed E-state index contributed by atoms with van der Waals surface area (Å²) in [5.41, 5.74) is 3.40. The van der Waals surface area contributed by atoms with Crippen LogP contribution < -0.4 is 13.1 Å². The smallest absolute Gasteiger partial charge is 0.124 e. The quantitative estimate of drug-likeness (QED) is 0.323. The minimum Gasteiger partial charge on any atom is -0.744 e. The van der Waals surface area contributed by atoms with E-state index in [0.29, 0.717) is 0 Å². The average Bonchev–Trinajstić information content (AvgIpc) is 2.80. The van der Waals surface area contributed by atoms with E-state index in [2.05, 4.69) is 96.7 Å². The number of benzene rings is 4. The molecule has 4 aromatic carbocycles. The number of hydrogen-bond acceptors (Lipinski definition) is 3. The molecule has 0 spiro atoms. The van der Waals surface area contributed by atoms with Crippen LogP contribution in [0, 0.1) is 6.92 Å². The molecule has 0 heterocycles. The van der Waals surface area contributed by atoms with E-state index in [1.165, 1.54) is 25.2 Å². The summed E-state index contributed by atoms with van der Waals surface area (Å²) in [7, 11) is -4.27. The second kappa shape index (κ2) is 10.1. The molecule has 0 aromatic heterocycles. The van der Waals surface area contributed by atoms with Gasteiger partial charge in [0.1, 0.15) is 10.1 Å². The summed E-state index contributed by atoms with van der Waals surface area (Å²) in [4.78, 5) is -0.178. The molecule has 0 amide bonds. The first kappa shape index (κ1) is 23.0. The molecule has 0 radical (unpaired) electrons. The SMILES string of the molecule is C[As+](c1ccccc1)(c1ccccc1)c1ccccc1.Cc1ccc(S(=O)(=O)[O-])cc1. The Balaban J connectivity index is 0.000000210. The average molecular weight is 492 g/mol. The molecule has 0 aliphatic rings. The number of rotatable bonds is 4. The zero-order valence-corrected chi connectivity index (χ0v) is 20.2. The van der Waals surface area contributed by atoms with Crippen LogP contribution in [0.1, 0.15) is 5.56 Å². The molecule has 0 bridgehead atoms. The van der Waals surface area contributed by atoms with Crippen LogP contribution in [0.4, 0.5) is 0 Å². The largest absolute Gasteiger partial charge is 0.744 e. The first-order valence-electron chi connectivity index (χ1n) is 9.88. The molecule has 4 rings (SSSR count). The summed E-state index contributed by atoms with van der Waals surface area (Å²) in [5.74, 6) is 0. The molecule has 5 heteroatoms. The molecule has 0 atom stereocenters. The van der Waals surface area contributed by atoms with Crippen LogP contribution >= 0.6 is 0 Å². The Kier molecular flexibility index (Phi) is 7.50. The van der Waals surface area contributed by atoms with Crippen LogP contribution in [0.3, 0.4) is 0 Å². The van der Waals surface area contributed by atoms with Crippen molar-refractivity contribution in [2.75, 3.05) is 0 Å². The van der Waals surface area contributed by atoms with Gasteiger partial charge in [0.25, 0.3) is 0 Å². The molecule has 31 heavy (non-hydrogen) atoms. The standard InChI is InChI=1S/C19H18As.C7H8O3S/c1-20(17-11-5-2-6-12-17,18-13-7-3-8-14-18)19-15-9-4-10-16-19;1-6-2-4-7(5-3-6)11(8,9)10/h2-16H,1H3;2-5H,1H3,(H,8,9,10)/q+1;/p-1. The monoisotopic (exact) mass is 492 g/mol. The first-order chi connectivity index (χ1) is 14.8. The topological polar surface area (TPSA) is 57.2 Å². The van der Waals surface area contributed by atoms with Crippen molar-refractivity contribution in [1.29, 1.82) is 0 Å². The second-order valence-corrected chi connectivity index (χ2v) is 16.1. The predicted octanol–water partition coefficient (Wildman–Crippen LogP) is 3.69. The minimum absolute atomic E-state index is 0.178. The Bertz CT molecular complexity index is 1100. The van der Waals surface area contributed by atoms with Gasteiger partial charge in [-0.2, -0.15) is 0 Å². The molecule has 0 unspecified atom stereocenters. The molecule has 158 valence electrons. The van der Waals surface area contributed by atoms with Crippen molar-refractivity contribution in [3.05, 3.63) is 121 Å². The molecular formula is C26H25AsO3S. The molecule has 0 aliphatic heterocycles. The second-order valence-electron chi connectivity index (χ2n) is 7.28. The van der Waals surface area contributed by atoms with Gasteiger partial charge in [0.2, 0.25) is 0 Å². The summed E-state index contributed by atoms with van der Waals surface area (Å²) in [6.45, 7) is 1.82. The molecule has 0 N–H and O–H groups in total. The maximum absolute atomic E-state index is 10.4. The van der Waals surface area contributed by atoms with E-state index in [4.69, 9.17) is 0 Å². The van der Waals surface area contributed by atoms with Gasteiger partial charge in [0.15, 0.2) is 0 Å². The normalized spacial score (nSPS) is 11.3. The molecular weight excluding hydrogens is 467 g/mol. The fraction of sp³-hybridized carbons (Fsp3) is 0.0769. The predicted molar refractivity (Wildman–Crippen MR) is 129 cm³/mol. The van der Waals surface area contributed by atoms with E-state index >= 15 is 0 Å². The maximum Gasteiger partial charge on any atom is 0.124 e. The van der Waals surface area contributed by atoms with E-state index in [1.54, 1.807) is 12.1 Å². The zero-order chi connectivity index (χ0) is 22.3. The van der Waals surface area contributed by atoms with Gasteiger partial charge >= 0.3 is 123 Å². The van der Waals surface area contributed by atoms with Crippen molar-refractivity contribution in [2.24, 2.45) is 0 Å². The van der Waals surface area contributed by atoms with Gasteiger partial charge in [-0.3, -0.25) is 0 Å². The molecule has 0 saturated carbocycles. The molecule has 0 aliphatic carbocycles. The molecule has 0 saturated heterocycles. The van der Waals surface area contributed by atoms with Gasteiger partial charge in [0.05, 0.1) is 4.90 Å².